The number of nitrogens with zero attached hydrogens (tertiary/aromatic N) is 1. The highest BCUT2D eigenvalue weighted by atomic mass is 35.5. The summed E-state index contributed by atoms with van der Waals surface area (Å²) in [6, 6.07) is 5.33. The molecular weight excluding hydrogens is 226 g/mol. The summed E-state index contributed by atoms with van der Waals surface area (Å²) in [5.41, 5.74) is 2.72. The lowest BCUT2D eigenvalue weighted by Gasteiger charge is -2.10. The lowest BCUT2D eigenvalue weighted by Crippen LogP contribution is -2.15. The van der Waals surface area contributed by atoms with Crippen LogP contribution in [0.15, 0.2) is 30.9 Å². The predicted molar refractivity (Wildman–Crippen MR) is 65.0 cm³/mol. The number of rotatable bonds is 3. The highest BCUT2D eigenvalue weighted by Crippen LogP contribution is 2.23. The fourth-order valence-corrected chi connectivity index (χ4v) is 1.91. The van der Waals surface area contributed by atoms with Crippen LogP contribution in [0.4, 0.5) is 0 Å². The maximum atomic E-state index is 10.8. The van der Waals surface area contributed by atoms with Gasteiger partial charge in [-0.15, -0.1) is 19.0 Å². The Bertz CT molecular complexity index is 417. The van der Waals surface area contributed by atoms with Crippen LogP contribution < -0.4 is 0 Å². The van der Waals surface area contributed by atoms with Crippen LogP contribution in [-0.4, -0.2) is 22.5 Å². The third kappa shape index (κ3) is 2.43. The standard InChI is InChI=1S/C12H13NO2.ClH/c1-2-5-13-7-10-4-3-9(12(14)15)6-11(10)8-13;/h2-4,6H,1,5,7-8H2,(H,14,15);1H. The summed E-state index contributed by atoms with van der Waals surface area (Å²) in [7, 11) is 0. The number of hydrogen-bond donors (Lipinski definition) is 1. The largest absolute Gasteiger partial charge is 0.478 e. The first-order valence-electron chi connectivity index (χ1n) is 4.89. The van der Waals surface area contributed by atoms with Gasteiger partial charge in [0.15, 0.2) is 0 Å². The van der Waals surface area contributed by atoms with Crippen LogP contribution in [0.3, 0.4) is 0 Å². The molecule has 1 aromatic carbocycles. The van der Waals surface area contributed by atoms with Gasteiger partial charge in [0.25, 0.3) is 0 Å². The van der Waals surface area contributed by atoms with Crippen LogP contribution >= 0.6 is 12.4 Å². The Morgan fingerprint density at radius 1 is 1.44 bits per heavy atom. The average Bonchev–Trinajstić information content (AvgIpc) is 2.59. The van der Waals surface area contributed by atoms with Gasteiger partial charge in [-0.05, 0) is 23.3 Å². The molecule has 0 unspecified atom stereocenters. The van der Waals surface area contributed by atoms with Crippen molar-refractivity contribution in [2.45, 2.75) is 13.1 Å². The normalized spacial score (nSPS) is 14.0. The molecule has 16 heavy (non-hydrogen) atoms. The van der Waals surface area contributed by atoms with Crippen LogP contribution in [0.1, 0.15) is 21.5 Å². The molecule has 0 radical (unpaired) electrons. The number of carbonyl (C=O) groups is 1. The summed E-state index contributed by atoms with van der Waals surface area (Å²) in [4.78, 5) is 13.0. The molecule has 0 fully saturated rings. The highest BCUT2D eigenvalue weighted by Gasteiger charge is 2.18. The van der Waals surface area contributed by atoms with Crippen molar-refractivity contribution in [2.75, 3.05) is 6.54 Å². The van der Waals surface area contributed by atoms with Crippen molar-refractivity contribution < 1.29 is 9.90 Å². The van der Waals surface area contributed by atoms with E-state index in [1.165, 1.54) is 5.56 Å². The summed E-state index contributed by atoms with van der Waals surface area (Å²) < 4.78 is 0. The lowest BCUT2D eigenvalue weighted by atomic mass is 10.1. The molecule has 0 amide bonds. The summed E-state index contributed by atoms with van der Waals surface area (Å²) in [6.07, 6.45) is 1.87. The van der Waals surface area contributed by atoms with E-state index in [0.717, 1.165) is 25.2 Å². The van der Waals surface area contributed by atoms with Crippen molar-refractivity contribution >= 4 is 18.4 Å². The van der Waals surface area contributed by atoms with E-state index in [2.05, 4.69) is 11.5 Å². The van der Waals surface area contributed by atoms with E-state index in [1.807, 2.05) is 12.1 Å². The molecule has 0 spiro atoms. The minimum Gasteiger partial charge on any atom is -0.478 e. The van der Waals surface area contributed by atoms with Crippen LogP contribution in [-0.2, 0) is 13.1 Å². The number of benzene rings is 1. The average molecular weight is 240 g/mol. The Morgan fingerprint density at radius 2 is 2.12 bits per heavy atom. The molecule has 86 valence electrons. The smallest absolute Gasteiger partial charge is 0.335 e. The predicted octanol–water partition coefficient (Wildman–Crippen LogP) is 2.31. The first kappa shape index (κ1) is 12.7. The Morgan fingerprint density at radius 3 is 2.75 bits per heavy atom. The molecule has 1 aliphatic rings. The minimum absolute atomic E-state index is 0. The number of carboxylic acids is 1. The molecule has 1 aromatic rings. The Hall–Kier alpha value is -1.32. The van der Waals surface area contributed by atoms with Gasteiger partial charge >= 0.3 is 5.97 Å². The fourth-order valence-electron chi connectivity index (χ4n) is 1.91. The molecule has 0 saturated carbocycles. The molecule has 1 N–H and O–H groups in total. The molecule has 0 saturated heterocycles. The van der Waals surface area contributed by atoms with Crippen LogP contribution in [0, 0.1) is 0 Å². The number of aromatic carboxylic acids is 1. The molecule has 2 rings (SSSR count). The van der Waals surface area contributed by atoms with Crippen molar-refractivity contribution in [3.05, 3.63) is 47.5 Å². The molecule has 0 atom stereocenters. The van der Waals surface area contributed by atoms with Crippen molar-refractivity contribution in [1.29, 1.82) is 0 Å². The Kier molecular flexibility index (Phi) is 4.10. The molecule has 3 nitrogen and oxygen atoms in total. The van der Waals surface area contributed by atoms with E-state index in [-0.39, 0.29) is 12.4 Å². The molecule has 0 aliphatic carbocycles. The van der Waals surface area contributed by atoms with Crippen LogP contribution in [0.2, 0.25) is 0 Å². The Balaban J connectivity index is 0.00000128. The summed E-state index contributed by atoms with van der Waals surface area (Å²) in [5, 5.41) is 8.86. The van der Waals surface area contributed by atoms with Crippen molar-refractivity contribution in [3.63, 3.8) is 0 Å². The number of fused-ring (bicyclic) bond motifs is 1. The van der Waals surface area contributed by atoms with Gasteiger partial charge in [0.2, 0.25) is 0 Å². The summed E-state index contributed by atoms with van der Waals surface area (Å²) in [6.45, 7) is 6.25. The van der Waals surface area contributed by atoms with E-state index in [4.69, 9.17) is 5.11 Å². The summed E-state index contributed by atoms with van der Waals surface area (Å²) >= 11 is 0. The lowest BCUT2D eigenvalue weighted by molar-refractivity contribution is 0.0697. The Labute approximate surface area is 101 Å². The van der Waals surface area contributed by atoms with Crippen molar-refractivity contribution in [1.82, 2.24) is 4.90 Å². The van der Waals surface area contributed by atoms with E-state index < -0.39 is 5.97 Å². The first-order valence-corrected chi connectivity index (χ1v) is 4.89. The topological polar surface area (TPSA) is 40.5 Å². The van der Waals surface area contributed by atoms with Crippen molar-refractivity contribution in [3.8, 4) is 0 Å². The highest BCUT2D eigenvalue weighted by molar-refractivity contribution is 5.88. The van der Waals surface area contributed by atoms with E-state index >= 15 is 0 Å². The van der Waals surface area contributed by atoms with Gasteiger partial charge in [-0.1, -0.05) is 12.1 Å². The SMILES string of the molecule is C=CCN1Cc2ccc(C(=O)O)cc2C1.Cl. The fraction of sp³-hybridized carbons (Fsp3) is 0.250. The van der Waals surface area contributed by atoms with Gasteiger partial charge in [-0.3, -0.25) is 4.90 Å². The van der Waals surface area contributed by atoms with E-state index in [0.29, 0.717) is 5.56 Å². The van der Waals surface area contributed by atoms with Crippen LogP contribution in [0.25, 0.3) is 0 Å². The zero-order valence-electron chi connectivity index (χ0n) is 8.85. The molecule has 1 aliphatic heterocycles. The molecule has 4 heteroatoms. The number of hydrogen-bond acceptors (Lipinski definition) is 2. The summed E-state index contributed by atoms with van der Waals surface area (Å²) in [5.74, 6) is -0.861. The third-order valence-electron chi connectivity index (χ3n) is 2.63. The minimum atomic E-state index is -0.861. The van der Waals surface area contributed by atoms with Gasteiger partial charge < -0.3 is 5.11 Å². The maximum Gasteiger partial charge on any atom is 0.335 e. The van der Waals surface area contributed by atoms with Crippen LogP contribution in [0.5, 0.6) is 0 Å². The second-order valence-corrected chi connectivity index (χ2v) is 3.75. The zero-order valence-corrected chi connectivity index (χ0v) is 9.67. The molecule has 1 heterocycles. The van der Waals surface area contributed by atoms with Gasteiger partial charge in [0, 0.05) is 19.6 Å². The van der Waals surface area contributed by atoms with Gasteiger partial charge in [0.1, 0.15) is 0 Å². The van der Waals surface area contributed by atoms with Gasteiger partial charge in [-0.2, -0.15) is 0 Å². The number of halogens is 1. The first-order chi connectivity index (χ1) is 7.20. The quantitative estimate of drug-likeness (QED) is 0.823. The maximum absolute atomic E-state index is 10.8. The third-order valence-corrected chi connectivity index (χ3v) is 2.63. The van der Waals surface area contributed by atoms with Gasteiger partial charge in [0.05, 0.1) is 5.56 Å². The van der Waals surface area contributed by atoms with Crippen molar-refractivity contribution in [2.24, 2.45) is 0 Å². The molecular formula is C12H14ClNO2. The van der Waals surface area contributed by atoms with E-state index in [1.54, 1.807) is 12.1 Å². The van der Waals surface area contributed by atoms with Gasteiger partial charge in [-0.25, -0.2) is 4.79 Å². The number of carboxylic acid groups (broad SMARTS) is 1. The second kappa shape index (κ2) is 5.14. The molecule has 0 bridgehead atoms. The molecule has 0 aromatic heterocycles. The van der Waals surface area contributed by atoms with E-state index in [9.17, 15) is 4.79 Å². The monoisotopic (exact) mass is 239 g/mol. The second-order valence-electron chi connectivity index (χ2n) is 3.75. The zero-order chi connectivity index (χ0) is 10.8.